The summed E-state index contributed by atoms with van der Waals surface area (Å²) in [5.74, 6) is -0.695. The Hall–Kier alpha value is -0.950. The number of carbonyl (C=O) groups is 2. The smallest absolute Gasteiger partial charge is 0.275 e. The highest BCUT2D eigenvalue weighted by Crippen LogP contribution is 2.24. The first-order valence-electron chi connectivity index (χ1n) is 4.31. The maximum atomic E-state index is 11.9. The van der Waals surface area contributed by atoms with Gasteiger partial charge >= 0.3 is 0 Å². The molecule has 15 heavy (non-hydrogen) atoms. The average molecular weight is 290 g/mol. The number of carbonyl (C=O) groups excluding carboxylic acids is 2. The molecule has 0 aliphatic carbocycles. The maximum absolute atomic E-state index is 11.9. The van der Waals surface area contributed by atoms with Crippen molar-refractivity contribution in [1.29, 1.82) is 0 Å². The van der Waals surface area contributed by atoms with Gasteiger partial charge in [-0.05, 0) is 33.9 Å². The summed E-state index contributed by atoms with van der Waals surface area (Å²) in [5.41, 5.74) is 5.51. The van der Waals surface area contributed by atoms with E-state index in [2.05, 4.69) is 20.3 Å². The first-order valence-corrected chi connectivity index (χ1v) is 5.94. The van der Waals surface area contributed by atoms with Gasteiger partial charge in [0.1, 0.15) is 6.04 Å². The molecule has 1 aliphatic heterocycles. The van der Waals surface area contributed by atoms with Crippen LogP contribution >= 0.6 is 27.5 Å². The molecule has 0 spiro atoms. The predicted octanol–water partition coefficient (Wildman–Crippen LogP) is 0.605. The lowest BCUT2D eigenvalue weighted by Gasteiger charge is -2.38. The van der Waals surface area contributed by atoms with Crippen molar-refractivity contribution in [3.63, 3.8) is 0 Å². The Kier molecular flexibility index (Phi) is 2.74. The lowest BCUT2D eigenvalue weighted by Crippen LogP contribution is -2.57. The van der Waals surface area contributed by atoms with Gasteiger partial charge < -0.3 is 10.6 Å². The molecule has 0 saturated carbocycles. The van der Waals surface area contributed by atoms with Gasteiger partial charge in [0.15, 0.2) is 5.69 Å². The molecule has 2 heterocycles. The minimum atomic E-state index is -0.467. The van der Waals surface area contributed by atoms with E-state index in [-0.39, 0.29) is 5.91 Å². The summed E-state index contributed by atoms with van der Waals surface area (Å²) in [4.78, 5) is 24.3. The van der Waals surface area contributed by atoms with Crippen LogP contribution in [-0.4, -0.2) is 33.7 Å². The Morgan fingerprint density at radius 1 is 1.67 bits per heavy atom. The third-order valence-corrected chi connectivity index (χ3v) is 3.87. The molecule has 1 aromatic rings. The van der Waals surface area contributed by atoms with Gasteiger partial charge in [0.05, 0.1) is 4.47 Å². The Labute approximate surface area is 98.5 Å². The zero-order chi connectivity index (χ0) is 11.0. The van der Waals surface area contributed by atoms with E-state index >= 15 is 0 Å². The molecule has 7 heteroatoms. The van der Waals surface area contributed by atoms with Gasteiger partial charge in [0.25, 0.3) is 5.91 Å². The van der Waals surface area contributed by atoms with Crippen molar-refractivity contribution < 1.29 is 9.59 Å². The first-order chi connectivity index (χ1) is 7.11. The summed E-state index contributed by atoms with van der Waals surface area (Å²) in [6.07, 6.45) is 0.642. The van der Waals surface area contributed by atoms with Crippen LogP contribution in [0.3, 0.4) is 0 Å². The first kappa shape index (κ1) is 10.6. The SMILES string of the molecule is NC(=O)C1CCN1C(=O)c1nscc1Br. The van der Waals surface area contributed by atoms with Crippen molar-refractivity contribution in [3.05, 3.63) is 15.5 Å². The predicted molar refractivity (Wildman–Crippen MR) is 58.4 cm³/mol. The molecule has 0 bridgehead atoms. The molecule has 1 aliphatic rings. The Bertz CT molecular complexity index is 420. The van der Waals surface area contributed by atoms with Crippen LogP contribution in [0.25, 0.3) is 0 Å². The van der Waals surface area contributed by atoms with Crippen LogP contribution in [0.4, 0.5) is 0 Å². The zero-order valence-electron chi connectivity index (χ0n) is 7.64. The van der Waals surface area contributed by atoms with E-state index in [1.807, 2.05) is 0 Å². The van der Waals surface area contributed by atoms with Gasteiger partial charge in [-0.3, -0.25) is 9.59 Å². The number of amides is 2. The van der Waals surface area contributed by atoms with Crippen molar-refractivity contribution in [2.45, 2.75) is 12.5 Å². The van der Waals surface area contributed by atoms with Crippen molar-refractivity contribution >= 4 is 39.3 Å². The van der Waals surface area contributed by atoms with Crippen LogP contribution in [0, 0.1) is 0 Å². The number of nitrogens with two attached hydrogens (primary N) is 1. The fourth-order valence-electron chi connectivity index (χ4n) is 1.43. The van der Waals surface area contributed by atoms with Gasteiger partial charge in [-0.15, -0.1) is 0 Å². The molecular formula is C8H8BrN3O2S. The van der Waals surface area contributed by atoms with Crippen molar-refractivity contribution in [3.8, 4) is 0 Å². The van der Waals surface area contributed by atoms with E-state index in [1.165, 1.54) is 16.4 Å². The molecule has 5 nitrogen and oxygen atoms in total. The quantitative estimate of drug-likeness (QED) is 0.866. The number of primary amides is 1. The topological polar surface area (TPSA) is 76.3 Å². The summed E-state index contributed by atoms with van der Waals surface area (Å²) in [5, 5.41) is 1.73. The summed E-state index contributed by atoms with van der Waals surface area (Å²) >= 11 is 4.43. The fraction of sp³-hybridized carbons (Fsp3) is 0.375. The number of hydrogen-bond donors (Lipinski definition) is 1. The van der Waals surface area contributed by atoms with Crippen LogP contribution < -0.4 is 5.73 Å². The second kappa shape index (κ2) is 3.90. The highest BCUT2D eigenvalue weighted by Gasteiger charge is 2.37. The highest BCUT2D eigenvalue weighted by atomic mass is 79.9. The van der Waals surface area contributed by atoms with Crippen molar-refractivity contribution in [2.24, 2.45) is 5.73 Å². The molecule has 1 fully saturated rings. The highest BCUT2D eigenvalue weighted by molar-refractivity contribution is 9.10. The number of aromatic nitrogens is 1. The van der Waals surface area contributed by atoms with E-state index in [9.17, 15) is 9.59 Å². The fourth-order valence-corrected chi connectivity index (χ4v) is 2.59. The van der Waals surface area contributed by atoms with Crippen LogP contribution in [0.2, 0.25) is 0 Å². The summed E-state index contributed by atoms with van der Waals surface area (Å²) < 4.78 is 4.62. The van der Waals surface area contributed by atoms with Crippen LogP contribution in [-0.2, 0) is 4.79 Å². The van der Waals surface area contributed by atoms with Gasteiger partial charge in [0, 0.05) is 11.9 Å². The summed E-state index contributed by atoms with van der Waals surface area (Å²) in [6, 6.07) is -0.467. The normalized spacial score (nSPS) is 19.8. The van der Waals surface area contributed by atoms with Gasteiger partial charge in [0.2, 0.25) is 5.91 Å². The van der Waals surface area contributed by atoms with Gasteiger partial charge in [-0.2, -0.15) is 4.37 Å². The second-order valence-electron chi connectivity index (χ2n) is 3.22. The van der Waals surface area contributed by atoms with Crippen molar-refractivity contribution in [1.82, 2.24) is 9.27 Å². The molecule has 2 amide bonds. The third-order valence-electron chi connectivity index (χ3n) is 2.34. The lowest BCUT2D eigenvalue weighted by molar-refractivity contribution is -0.125. The number of hydrogen-bond acceptors (Lipinski definition) is 4. The number of rotatable bonds is 2. The van der Waals surface area contributed by atoms with Gasteiger partial charge in [-0.25, -0.2) is 0 Å². The maximum Gasteiger partial charge on any atom is 0.275 e. The number of halogens is 1. The molecule has 0 radical (unpaired) electrons. The Morgan fingerprint density at radius 3 is 2.80 bits per heavy atom. The Balaban J connectivity index is 2.16. The number of likely N-dealkylation sites (tertiary alicyclic amines) is 1. The molecule has 0 aromatic carbocycles. The molecule has 2 rings (SSSR count). The molecule has 1 atom stereocenters. The largest absolute Gasteiger partial charge is 0.368 e. The Morgan fingerprint density at radius 2 is 2.40 bits per heavy atom. The monoisotopic (exact) mass is 289 g/mol. The second-order valence-corrected chi connectivity index (χ2v) is 4.70. The molecule has 2 N–H and O–H groups in total. The zero-order valence-corrected chi connectivity index (χ0v) is 10.0. The minimum absolute atomic E-state index is 0.238. The van der Waals surface area contributed by atoms with Crippen LogP contribution in [0.1, 0.15) is 16.9 Å². The molecule has 1 saturated heterocycles. The van der Waals surface area contributed by atoms with E-state index in [0.717, 1.165) is 0 Å². The van der Waals surface area contributed by atoms with E-state index < -0.39 is 11.9 Å². The number of nitrogens with zero attached hydrogens (tertiary/aromatic N) is 2. The van der Waals surface area contributed by atoms with E-state index in [0.29, 0.717) is 23.1 Å². The summed E-state index contributed by atoms with van der Waals surface area (Å²) in [6.45, 7) is 0.566. The molecule has 1 aromatic heterocycles. The minimum Gasteiger partial charge on any atom is -0.368 e. The van der Waals surface area contributed by atoms with Crippen LogP contribution in [0.5, 0.6) is 0 Å². The van der Waals surface area contributed by atoms with Crippen molar-refractivity contribution in [2.75, 3.05) is 6.54 Å². The standard InChI is InChI=1S/C8H8BrN3O2S/c9-4-3-15-11-6(4)8(14)12-2-1-5(12)7(10)13/h3,5H,1-2H2,(H2,10,13). The molecule has 1 unspecified atom stereocenters. The summed E-state index contributed by atoms with van der Waals surface area (Å²) in [7, 11) is 0. The van der Waals surface area contributed by atoms with Gasteiger partial charge in [-0.1, -0.05) is 0 Å². The third kappa shape index (κ3) is 1.76. The van der Waals surface area contributed by atoms with E-state index in [4.69, 9.17) is 5.73 Å². The average Bonchev–Trinajstić information content (AvgIpc) is 2.47. The van der Waals surface area contributed by atoms with Crippen LogP contribution in [0.15, 0.2) is 9.85 Å². The molecular weight excluding hydrogens is 282 g/mol. The van der Waals surface area contributed by atoms with E-state index in [1.54, 1.807) is 5.38 Å². The molecule has 80 valence electrons. The lowest BCUT2D eigenvalue weighted by atomic mass is 10.0.